The molecule has 3 aromatic rings. The number of anilines is 3. The minimum absolute atomic E-state index is 0.420. The summed E-state index contributed by atoms with van der Waals surface area (Å²) in [6.07, 6.45) is 1.77. The molecule has 0 spiro atoms. The van der Waals surface area contributed by atoms with E-state index in [0.29, 0.717) is 48.2 Å². The summed E-state index contributed by atoms with van der Waals surface area (Å²) in [4.78, 5) is 15.3. The SMILES string of the molecule is Clc1ccc2c(NCCNc3cc(Cl)nc(N4CCOCC4)n3)ccnc2c1. The first-order chi connectivity index (χ1) is 13.7. The number of hydrogen-bond donors (Lipinski definition) is 2. The zero-order valence-electron chi connectivity index (χ0n) is 15.2. The smallest absolute Gasteiger partial charge is 0.228 e. The van der Waals surface area contributed by atoms with E-state index in [-0.39, 0.29) is 0 Å². The fourth-order valence-electron chi connectivity index (χ4n) is 3.06. The average Bonchev–Trinajstić information content (AvgIpc) is 2.71. The third-order valence-corrected chi connectivity index (χ3v) is 4.86. The number of ether oxygens (including phenoxy) is 1. The third kappa shape index (κ3) is 4.55. The average molecular weight is 419 g/mol. The molecule has 1 aromatic carbocycles. The Balaban J connectivity index is 1.37. The highest BCUT2D eigenvalue weighted by Crippen LogP contribution is 2.24. The van der Waals surface area contributed by atoms with Gasteiger partial charge in [-0.25, -0.2) is 4.98 Å². The lowest BCUT2D eigenvalue weighted by Gasteiger charge is -2.27. The van der Waals surface area contributed by atoms with E-state index >= 15 is 0 Å². The van der Waals surface area contributed by atoms with Gasteiger partial charge in [0.05, 0.1) is 18.7 Å². The van der Waals surface area contributed by atoms with Crippen LogP contribution in [-0.2, 0) is 4.74 Å². The number of hydrogen-bond acceptors (Lipinski definition) is 7. The molecule has 0 bridgehead atoms. The Morgan fingerprint density at radius 3 is 2.68 bits per heavy atom. The number of fused-ring (bicyclic) bond motifs is 1. The van der Waals surface area contributed by atoms with Crippen LogP contribution in [0, 0.1) is 0 Å². The Morgan fingerprint density at radius 1 is 1.00 bits per heavy atom. The van der Waals surface area contributed by atoms with E-state index in [9.17, 15) is 0 Å². The maximum Gasteiger partial charge on any atom is 0.228 e. The second kappa shape index (κ2) is 8.77. The molecule has 0 saturated carbocycles. The molecule has 146 valence electrons. The second-order valence-electron chi connectivity index (χ2n) is 6.35. The van der Waals surface area contributed by atoms with Gasteiger partial charge in [0.2, 0.25) is 5.95 Å². The number of halogens is 2. The molecule has 2 aromatic heterocycles. The molecule has 3 heterocycles. The van der Waals surface area contributed by atoms with Gasteiger partial charge in [-0.2, -0.15) is 4.98 Å². The maximum absolute atomic E-state index is 6.17. The Kier molecular flexibility index (Phi) is 5.95. The zero-order chi connectivity index (χ0) is 19.3. The lowest BCUT2D eigenvalue weighted by Crippen LogP contribution is -2.37. The van der Waals surface area contributed by atoms with Gasteiger partial charge < -0.3 is 20.3 Å². The van der Waals surface area contributed by atoms with Crippen LogP contribution >= 0.6 is 23.2 Å². The molecule has 1 fully saturated rings. The van der Waals surface area contributed by atoms with Gasteiger partial charge in [-0.05, 0) is 24.3 Å². The van der Waals surface area contributed by atoms with Crippen molar-refractivity contribution in [3.05, 3.63) is 46.7 Å². The summed E-state index contributed by atoms with van der Waals surface area (Å²) in [5.41, 5.74) is 1.88. The van der Waals surface area contributed by atoms with E-state index < -0.39 is 0 Å². The summed E-state index contributed by atoms with van der Waals surface area (Å²) in [7, 11) is 0. The largest absolute Gasteiger partial charge is 0.383 e. The van der Waals surface area contributed by atoms with Gasteiger partial charge in [-0.3, -0.25) is 4.98 Å². The topological polar surface area (TPSA) is 75.2 Å². The summed E-state index contributed by atoms with van der Waals surface area (Å²) in [6.45, 7) is 4.26. The molecule has 2 N–H and O–H groups in total. The number of rotatable bonds is 6. The standard InChI is InChI=1S/C19H20Cl2N6O/c20-13-1-2-14-15(3-4-22-16(14)11-13)23-5-6-24-18-12-17(21)25-19(26-18)27-7-9-28-10-8-27/h1-4,11-12H,5-10H2,(H,22,23)(H,24,25,26). The first-order valence-corrected chi connectivity index (χ1v) is 9.84. The molecule has 1 saturated heterocycles. The number of morpholine rings is 1. The molecule has 1 aliphatic heterocycles. The normalized spacial score (nSPS) is 14.3. The Hall–Kier alpha value is -2.35. The van der Waals surface area contributed by atoms with Crippen LogP contribution in [-0.4, -0.2) is 54.3 Å². The molecule has 0 amide bonds. The molecule has 9 heteroatoms. The number of nitrogens with zero attached hydrogens (tertiary/aromatic N) is 4. The summed E-state index contributed by atoms with van der Waals surface area (Å²) < 4.78 is 5.37. The molecule has 7 nitrogen and oxygen atoms in total. The zero-order valence-corrected chi connectivity index (χ0v) is 16.7. The Morgan fingerprint density at radius 2 is 1.82 bits per heavy atom. The predicted octanol–water partition coefficient (Wildman–Crippen LogP) is 3.69. The van der Waals surface area contributed by atoms with E-state index in [2.05, 4.69) is 30.5 Å². The van der Waals surface area contributed by atoms with Crippen LogP contribution in [0.25, 0.3) is 10.9 Å². The predicted molar refractivity (Wildman–Crippen MR) is 114 cm³/mol. The lowest BCUT2D eigenvalue weighted by molar-refractivity contribution is 0.122. The van der Waals surface area contributed by atoms with E-state index in [1.54, 1.807) is 12.3 Å². The Labute approximate surface area is 173 Å². The molecule has 0 radical (unpaired) electrons. The van der Waals surface area contributed by atoms with Crippen molar-refractivity contribution in [1.29, 1.82) is 0 Å². The van der Waals surface area contributed by atoms with Crippen molar-refractivity contribution < 1.29 is 4.74 Å². The van der Waals surface area contributed by atoms with E-state index in [1.807, 2.05) is 24.3 Å². The number of benzene rings is 1. The fourth-order valence-corrected chi connectivity index (χ4v) is 3.41. The van der Waals surface area contributed by atoms with Gasteiger partial charge in [0.15, 0.2) is 0 Å². The van der Waals surface area contributed by atoms with Crippen LogP contribution in [0.3, 0.4) is 0 Å². The van der Waals surface area contributed by atoms with Crippen molar-refractivity contribution in [1.82, 2.24) is 15.0 Å². The van der Waals surface area contributed by atoms with E-state index in [1.165, 1.54) is 0 Å². The van der Waals surface area contributed by atoms with Crippen LogP contribution in [0.4, 0.5) is 17.5 Å². The van der Waals surface area contributed by atoms with Crippen LogP contribution in [0.2, 0.25) is 10.2 Å². The summed E-state index contributed by atoms with van der Waals surface area (Å²) >= 11 is 12.2. The fraction of sp³-hybridized carbons (Fsp3) is 0.316. The molecule has 28 heavy (non-hydrogen) atoms. The van der Waals surface area contributed by atoms with Crippen molar-refractivity contribution in [2.45, 2.75) is 0 Å². The maximum atomic E-state index is 6.17. The molecule has 4 rings (SSSR count). The van der Waals surface area contributed by atoms with E-state index in [4.69, 9.17) is 27.9 Å². The highest BCUT2D eigenvalue weighted by Gasteiger charge is 2.15. The molecule has 0 unspecified atom stereocenters. The van der Waals surface area contributed by atoms with Gasteiger partial charge in [-0.1, -0.05) is 23.2 Å². The van der Waals surface area contributed by atoms with Gasteiger partial charge >= 0.3 is 0 Å². The van der Waals surface area contributed by atoms with Gasteiger partial charge in [0.25, 0.3) is 0 Å². The molecule has 0 atom stereocenters. The van der Waals surface area contributed by atoms with Crippen molar-refractivity contribution in [2.75, 3.05) is 54.9 Å². The summed E-state index contributed by atoms with van der Waals surface area (Å²) in [5.74, 6) is 1.33. The van der Waals surface area contributed by atoms with Gasteiger partial charge in [0, 0.05) is 54.5 Å². The molecular formula is C19H20Cl2N6O. The highest BCUT2D eigenvalue weighted by atomic mass is 35.5. The van der Waals surface area contributed by atoms with Crippen molar-refractivity contribution in [2.24, 2.45) is 0 Å². The Bertz CT molecular complexity index is 964. The van der Waals surface area contributed by atoms with Gasteiger partial charge in [-0.15, -0.1) is 0 Å². The minimum Gasteiger partial charge on any atom is -0.383 e. The van der Waals surface area contributed by atoms with Crippen LogP contribution < -0.4 is 15.5 Å². The summed E-state index contributed by atoms with van der Waals surface area (Å²) in [6, 6.07) is 9.38. The van der Waals surface area contributed by atoms with E-state index in [0.717, 1.165) is 29.7 Å². The second-order valence-corrected chi connectivity index (χ2v) is 7.17. The lowest BCUT2D eigenvalue weighted by atomic mass is 10.2. The molecule has 0 aliphatic carbocycles. The third-order valence-electron chi connectivity index (χ3n) is 4.43. The first-order valence-electron chi connectivity index (χ1n) is 9.08. The number of aromatic nitrogens is 3. The van der Waals surface area contributed by atoms with Crippen LogP contribution in [0.5, 0.6) is 0 Å². The number of nitrogens with one attached hydrogen (secondary N) is 2. The highest BCUT2D eigenvalue weighted by molar-refractivity contribution is 6.31. The van der Waals surface area contributed by atoms with Crippen molar-refractivity contribution in [3.63, 3.8) is 0 Å². The number of pyridine rings is 1. The van der Waals surface area contributed by atoms with Crippen molar-refractivity contribution >= 4 is 51.6 Å². The van der Waals surface area contributed by atoms with Crippen LogP contribution in [0.1, 0.15) is 0 Å². The first kappa shape index (κ1) is 19.0. The molecule has 1 aliphatic rings. The summed E-state index contributed by atoms with van der Waals surface area (Å²) in [5, 5.41) is 8.85. The van der Waals surface area contributed by atoms with Crippen molar-refractivity contribution in [3.8, 4) is 0 Å². The quantitative estimate of drug-likeness (QED) is 0.466. The monoisotopic (exact) mass is 418 g/mol. The van der Waals surface area contributed by atoms with Gasteiger partial charge in [0.1, 0.15) is 11.0 Å². The minimum atomic E-state index is 0.420. The van der Waals surface area contributed by atoms with Crippen LogP contribution in [0.15, 0.2) is 36.5 Å². The molecular weight excluding hydrogens is 399 g/mol.